The van der Waals surface area contributed by atoms with Crippen molar-refractivity contribution in [1.82, 2.24) is 4.90 Å². The van der Waals surface area contributed by atoms with Crippen LogP contribution < -0.4 is 5.73 Å². The molecule has 1 aliphatic rings. The second-order valence-electron chi connectivity index (χ2n) is 2.51. The van der Waals surface area contributed by atoms with E-state index in [2.05, 4.69) is 0 Å². The highest BCUT2D eigenvalue weighted by atomic mass is 35.5. The molecule has 0 aromatic heterocycles. The fourth-order valence-electron chi connectivity index (χ4n) is 1.07. The van der Waals surface area contributed by atoms with E-state index in [0.717, 1.165) is 19.4 Å². The lowest BCUT2D eigenvalue weighted by Crippen LogP contribution is -2.46. The zero-order valence-electron chi connectivity index (χ0n) is 6.04. The minimum absolute atomic E-state index is 0. The van der Waals surface area contributed by atoms with Crippen LogP contribution >= 0.6 is 12.4 Å². The van der Waals surface area contributed by atoms with Gasteiger partial charge < -0.3 is 10.6 Å². The average Bonchev–Trinajstić information content (AvgIpc) is 1.83. The molecule has 1 saturated heterocycles. The van der Waals surface area contributed by atoms with Crippen molar-refractivity contribution >= 4 is 18.3 Å². The first-order valence-electron chi connectivity index (χ1n) is 3.22. The highest BCUT2D eigenvalue weighted by molar-refractivity contribution is 5.85. The van der Waals surface area contributed by atoms with Gasteiger partial charge in [0.25, 0.3) is 0 Å². The van der Waals surface area contributed by atoms with Crippen LogP contribution in [0, 0.1) is 0 Å². The van der Waals surface area contributed by atoms with E-state index in [1.54, 1.807) is 11.9 Å². The Bertz CT molecular complexity index is 117. The van der Waals surface area contributed by atoms with Crippen molar-refractivity contribution in [3.05, 3.63) is 0 Å². The first kappa shape index (κ1) is 9.72. The molecule has 0 bridgehead atoms. The van der Waals surface area contributed by atoms with Gasteiger partial charge in [0.15, 0.2) is 0 Å². The minimum atomic E-state index is -0.233. The number of hydrogen-bond donors (Lipinski definition) is 1. The molecule has 10 heavy (non-hydrogen) atoms. The van der Waals surface area contributed by atoms with Crippen molar-refractivity contribution in [2.75, 3.05) is 13.6 Å². The highest BCUT2D eigenvalue weighted by Crippen LogP contribution is 2.06. The van der Waals surface area contributed by atoms with Crippen molar-refractivity contribution in [2.24, 2.45) is 5.73 Å². The van der Waals surface area contributed by atoms with Gasteiger partial charge in [-0.25, -0.2) is 0 Å². The maximum atomic E-state index is 10.9. The van der Waals surface area contributed by atoms with Gasteiger partial charge in [-0.05, 0) is 12.8 Å². The number of carbonyl (C=O) groups is 1. The third-order valence-corrected chi connectivity index (χ3v) is 1.70. The van der Waals surface area contributed by atoms with Crippen LogP contribution in [0.25, 0.3) is 0 Å². The summed E-state index contributed by atoms with van der Waals surface area (Å²) in [5.74, 6) is 0.0845. The summed E-state index contributed by atoms with van der Waals surface area (Å²) in [6, 6.07) is -0.233. The smallest absolute Gasteiger partial charge is 0.239 e. The minimum Gasteiger partial charge on any atom is -0.344 e. The maximum Gasteiger partial charge on any atom is 0.239 e. The van der Waals surface area contributed by atoms with Gasteiger partial charge in [-0.3, -0.25) is 4.79 Å². The van der Waals surface area contributed by atoms with Crippen LogP contribution in [-0.4, -0.2) is 30.4 Å². The molecule has 0 unspecified atom stereocenters. The van der Waals surface area contributed by atoms with Gasteiger partial charge in [-0.2, -0.15) is 0 Å². The number of carbonyl (C=O) groups excluding carboxylic acids is 1. The monoisotopic (exact) mass is 164 g/mol. The first-order valence-corrected chi connectivity index (χ1v) is 3.22. The lowest BCUT2D eigenvalue weighted by Gasteiger charge is -2.26. The molecule has 0 aliphatic carbocycles. The summed E-state index contributed by atoms with van der Waals surface area (Å²) in [5, 5.41) is 0. The molecule has 0 aromatic rings. The van der Waals surface area contributed by atoms with E-state index < -0.39 is 0 Å². The summed E-state index contributed by atoms with van der Waals surface area (Å²) in [7, 11) is 1.79. The molecule has 1 fully saturated rings. The molecule has 60 valence electrons. The molecule has 2 N–H and O–H groups in total. The Labute approximate surface area is 67.0 Å². The summed E-state index contributed by atoms with van der Waals surface area (Å²) < 4.78 is 0. The number of rotatable bonds is 0. The number of halogens is 1. The Hall–Kier alpha value is -0.280. The quantitative estimate of drug-likeness (QED) is 0.548. The molecule has 1 atom stereocenters. The number of likely N-dealkylation sites (tertiary alicyclic amines) is 1. The standard InChI is InChI=1S/C6H12N2O.ClH/c1-8-4-2-3-5(7)6(8)9;/h5H,2-4,7H2,1H3;1H/t5-;/m1./s1. The number of piperidine rings is 1. The number of nitrogens with zero attached hydrogens (tertiary/aromatic N) is 1. The first-order chi connectivity index (χ1) is 4.22. The third kappa shape index (κ3) is 1.85. The van der Waals surface area contributed by atoms with Gasteiger partial charge in [0, 0.05) is 13.6 Å². The molecule has 1 heterocycles. The molecule has 0 radical (unpaired) electrons. The Balaban J connectivity index is 0.000000810. The second-order valence-corrected chi connectivity index (χ2v) is 2.51. The summed E-state index contributed by atoms with van der Waals surface area (Å²) in [4.78, 5) is 12.6. The van der Waals surface area contributed by atoms with Crippen LogP contribution in [0.2, 0.25) is 0 Å². The number of hydrogen-bond acceptors (Lipinski definition) is 2. The zero-order chi connectivity index (χ0) is 6.85. The fourth-order valence-corrected chi connectivity index (χ4v) is 1.07. The van der Waals surface area contributed by atoms with Gasteiger partial charge >= 0.3 is 0 Å². The number of nitrogens with two attached hydrogens (primary N) is 1. The van der Waals surface area contributed by atoms with Gasteiger partial charge in [-0.15, -0.1) is 12.4 Å². The molecule has 0 aromatic carbocycles. The summed E-state index contributed by atoms with van der Waals surface area (Å²) in [5.41, 5.74) is 5.48. The average molecular weight is 165 g/mol. The van der Waals surface area contributed by atoms with Gasteiger partial charge in [0.05, 0.1) is 6.04 Å². The van der Waals surface area contributed by atoms with Crippen LogP contribution in [0.5, 0.6) is 0 Å². The Morgan fingerprint density at radius 3 is 2.70 bits per heavy atom. The Morgan fingerprint density at radius 1 is 1.70 bits per heavy atom. The van der Waals surface area contributed by atoms with Crippen LogP contribution in [0.4, 0.5) is 0 Å². The molecule has 0 saturated carbocycles. The van der Waals surface area contributed by atoms with Crippen molar-refractivity contribution < 1.29 is 4.79 Å². The lowest BCUT2D eigenvalue weighted by molar-refractivity contribution is -0.133. The third-order valence-electron chi connectivity index (χ3n) is 1.70. The van der Waals surface area contributed by atoms with E-state index in [-0.39, 0.29) is 24.4 Å². The van der Waals surface area contributed by atoms with Crippen molar-refractivity contribution in [3.63, 3.8) is 0 Å². The van der Waals surface area contributed by atoms with E-state index in [9.17, 15) is 4.79 Å². The summed E-state index contributed by atoms with van der Waals surface area (Å²) in [6.45, 7) is 0.868. The topological polar surface area (TPSA) is 46.3 Å². The summed E-state index contributed by atoms with van der Waals surface area (Å²) in [6.07, 6.45) is 1.90. The normalized spacial score (nSPS) is 26.0. The Morgan fingerprint density at radius 2 is 2.30 bits per heavy atom. The van der Waals surface area contributed by atoms with Gasteiger partial charge in [-0.1, -0.05) is 0 Å². The van der Waals surface area contributed by atoms with Crippen LogP contribution in [0.3, 0.4) is 0 Å². The van der Waals surface area contributed by atoms with E-state index in [4.69, 9.17) is 5.73 Å². The fraction of sp³-hybridized carbons (Fsp3) is 0.833. The molecular formula is C6H13ClN2O. The van der Waals surface area contributed by atoms with E-state index in [1.807, 2.05) is 0 Å². The molecule has 1 amide bonds. The SMILES string of the molecule is CN1CCC[C@@H](N)C1=O.Cl. The van der Waals surface area contributed by atoms with Gasteiger partial charge in [0.2, 0.25) is 5.91 Å². The molecule has 4 heteroatoms. The molecule has 1 rings (SSSR count). The van der Waals surface area contributed by atoms with Crippen molar-refractivity contribution in [2.45, 2.75) is 18.9 Å². The molecule has 1 aliphatic heterocycles. The predicted molar refractivity (Wildman–Crippen MR) is 42.1 cm³/mol. The summed E-state index contributed by atoms with van der Waals surface area (Å²) >= 11 is 0. The number of likely N-dealkylation sites (N-methyl/N-ethyl adjacent to an activating group) is 1. The van der Waals surface area contributed by atoms with Crippen LogP contribution in [-0.2, 0) is 4.79 Å². The van der Waals surface area contributed by atoms with Crippen molar-refractivity contribution in [3.8, 4) is 0 Å². The van der Waals surface area contributed by atoms with Gasteiger partial charge in [0.1, 0.15) is 0 Å². The number of amides is 1. The molecule has 0 spiro atoms. The van der Waals surface area contributed by atoms with E-state index in [1.165, 1.54) is 0 Å². The van der Waals surface area contributed by atoms with E-state index >= 15 is 0 Å². The van der Waals surface area contributed by atoms with E-state index in [0.29, 0.717) is 0 Å². The lowest BCUT2D eigenvalue weighted by atomic mass is 10.1. The zero-order valence-corrected chi connectivity index (χ0v) is 6.86. The Kier molecular flexibility index (Phi) is 3.68. The van der Waals surface area contributed by atoms with Crippen LogP contribution in [0.15, 0.2) is 0 Å². The second kappa shape index (κ2) is 3.78. The largest absolute Gasteiger partial charge is 0.344 e. The highest BCUT2D eigenvalue weighted by Gasteiger charge is 2.21. The molecular weight excluding hydrogens is 152 g/mol. The maximum absolute atomic E-state index is 10.9. The predicted octanol–water partition coefficient (Wildman–Crippen LogP) is -0.0123. The van der Waals surface area contributed by atoms with Crippen LogP contribution in [0.1, 0.15) is 12.8 Å². The molecule has 3 nitrogen and oxygen atoms in total. The van der Waals surface area contributed by atoms with Crippen molar-refractivity contribution in [1.29, 1.82) is 0 Å².